The predicted molar refractivity (Wildman–Crippen MR) is 84.6 cm³/mol. The van der Waals surface area contributed by atoms with Gasteiger partial charge in [0, 0.05) is 24.0 Å². The Morgan fingerprint density at radius 2 is 1.90 bits per heavy atom. The van der Waals surface area contributed by atoms with Crippen LogP contribution in [0.15, 0.2) is 18.2 Å². The Morgan fingerprint density at radius 3 is 2.52 bits per heavy atom. The lowest BCUT2D eigenvalue weighted by Crippen LogP contribution is -2.36. The van der Waals surface area contributed by atoms with Gasteiger partial charge < -0.3 is 10.0 Å². The Bertz CT molecular complexity index is 527. The molecule has 2 rings (SSSR count). The monoisotopic (exact) mass is 307 g/mol. The first-order valence-electron chi connectivity index (χ1n) is 7.36. The van der Waals surface area contributed by atoms with Gasteiger partial charge in [-0.3, -0.25) is 4.79 Å². The van der Waals surface area contributed by atoms with Crippen LogP contribution in [0.4, 0.5) is 0 Å². The summed E-state index contributed by atoms with van der Waals surface area (Å²) < 4.78 is 0. The van der Waals surface area contributed by atoms with Gasteiger partial charge in [-0.2, -0.15) is 0 Å². The molecule has 1 fully saturated rings. The highest BCUT2D eigenvalue weighted by Crippen LogP contribution is 2.25. The molecule has 21 heavy (non-hydrogen) atoms. The first-order chi connectivity index (χ1) is 10.1. The van der Waals surface area contributed by atoms with Gasteiger partial charge in [0.15, 0.2) is 0 Å². The van der Waals surface area contributed by atoms with Gasteiger partial charge in [0.05, 0.1) is 4.88 Å². The molecule has 114 valence electrons. The Morgan fingerprint density at radius 1 is 1.24 bits per heavy atom. The van der Waals surface area contributed by atoms with Crippen LogP contribution in [0.1, 0.15) is 53.1 Å². The van der Waals surface area contributed by atoms with E-state index < -0.39 is 5.97 Å². The van der Waals surface area contributed by atoms with Crippen LogP contribution in [0.2, 0.25) is 0 Å². The molecule has 1 aliphatic rings. The maximum atomic E-state index is 12.5. The molecule has 1 aliphatic carbocycles. The van der Waals surface area contributed by atoms with Gasteiger partial charge in [-0.25, -0.2) is 4.79 Å². The molecule has 0 atom stereocenters. The molecule has 1 aromatic rings. The highest BCUT2D eigenvalue weighted by molar-refractivity contribution is 7.14. The number of carboxylic acids is 1. The molecule has 0 aliphatic heterocycles. The topological polar surface area (TPSA) is 57.6 Å². The minimum atomic E-state index is -0.980. The largest absolute Gasteiger partial charge is 0.478 e. The van der Waals surface area contributed by atoms with Gasteiger partial charge in [0.25, 0.3) is 5.91 Å². The molecule has 5 heteroatoms. The summed E-state index contributed by atoms with van der Waals surface area (Å²) in [6, 6.07) is 3.90. The molecular formula is C16H21NO3S. The minimum Gasteiger partial charge on any atom is -0.478 e. The lowest BCUT2D eigenvalue weighted by molar-refractivity contribution is -0.131. The van der Waals surface area contributed by atoms with Crippen LogP contribution in [0.5, 0.6) is 0 Å². The number of amides is 1. The third kappa shape index (κ3) is 4.43. The minimum absolute atomic E-state index is 0.0434. The van der Waals surface area contributed by atoms with Crippen molar-refractivity contribution >= 4 is 29.3 Å². The summed E-state index contributed by atoms with van der Waals surface area (Å²) >= 11 is 1.34. The van der Waals surface area contributed by atoms with Gasteiger partial charge >= 0.3 is 5.97 Å². The molecule has 1 saturated carbocycles. The summed E-state index contributed by atoms with van der Waals surface area (Å²) in [7, 11) is 1.88. The van der Waals surface area contributed by atoms with E-state index in [-0.39, 0.29) is 5.91 Å². The van der Waals surface area contributed by atoms with E-state index >= 15 is 0 Å². The van der Waals surface area contributed by atoms with E-state index in [2.05, 4.69) is 0 Å². The summed E-state index contributed by atoms with van der Waals surface area (Å²) in [5, 5.41) is 8.62. The van der Waals surface area contributed by atoms with Crippen molar-refractivity contribution in [3.63, 3.8) is 0 Å². The normalized spacial score (nSPS) is 16.8. The molecule has 0 saturated heterocycles. The second-order valence-electron chi connectivity index (χ2n) is 5.44. The van der Waals surface area contributed by atoms with Crippen LogP contribution in [-0.4, -0.2) is 35.0 Å². The molecule has 0 radical (unpaired) electrons. The first-order valence-corrected chi connectivity index (χ1v) is 8.17. The molecule has 1 N–H and O–H groups in total. The predicted octanol–water partition coefficient (Wildman–Crippen LogP) is 3.64. The number of carbonyl (C=O) groups excluding carboxylic acids is 1. The highest BCUT2D eigenvalue weighted by atomic mass is 32.1. The maximum Gasteiger partial charge on any atom is 0.328 e. The number of nitrogens with zero attached hydrogens (tertiary/aromatic N) is 1. The average Bonchev–Trinajstić information content (AvgIpc) is 2.77. The van der Waals surface area contributed by atoms with Crippen LogP contribution >= 0.6 is 11.3 Å². The zero-order valence-corrected chi connectivity index (χ0v) is 13.1. The first kappa shape index (κ1) is 15.8. The molecule has 1 aromatic heterocycles. The molecule has 1 amide bonds. The quantitative estimate of drug-likeness (QED) is 0.682. The molecule has 0 aromatic carbocycles. The smallest absolute Gasteiger partial charge is 0.328 e. The Kier molecular flexibility index (Phi) is 5.56. The summed E-state index contributed by atoms with van der Waals surface area (Å²) in [5.74, 6) is -0.936. The third-order valence-electron chi connectivity index (χ3n) is 3.92. The Hall–Kier alpha value is -1.62. The summed E-state index contributed by atoms with van der Waals surface area (Å²) in [6.07, 6.45) is 9.70. The van der Waals surface area contributed by atoms with E-state index in [9.17, 15) is 9.59 Å². The van der Waals surface area contributed by atoms with E-state index in [1.54, 1.807) is 12.1 Å². The highest BCUT2D eigenvalue weighted by Gasteiger charge is 2.23. The second kappa shape index (κ2) is 7.41. The fourth-order valence-corrected chi connectivity index (χ4v) is 3.59. The lowest BCUT2D eigenvalue weighted by Gasteiger charge is -2.26. The van der Waals surface area contributed by atoms with Gasteiger partial charge in [-0.1, -0.05) is 25.7 Å². The van der Waals surface area contributed by atoms with Crippen LogP contribution in [-0.2, 0) is 4.79 Å². The SMILES string of the molecule is CN(C(=O)c1ccc(C=CC(=O)O)s1)C1CCCCCC1. The molecule has 0 bridgehead atoms. The average molecular weight is 307 g/mol. The van der Waals surface area contributed by atoms with Crippen molar-refractivity contribution in [1.29, 1.82) is 0 Å². The zero-order chi connectivity index (χ0) is 15.2. The van der Waals surface area contributed by atoms with Crippen molar-refractivity contribution in [3.05, 3.63) is 28.0 Å². The van der Waals surface area contributed by atoms with Crippen molar-refractivity contribution in [2.24, 2.45) is 0 Å². The van der Waals surface area contributed by atoms with Gasteiger partial charge in [0.1, 0.15) is 0 Å². The van der Waals surface area contributed by atoms with Crippen LogP contribution in [0.25, 0.3) is 6.08 Å². The van der Waals surface area contributed by atoms with Crippen molar-refractivity contribution in [3.8, 4) is 0 Å². The molecule has 0 unspecified atom stereocenters. The number of rotatable bonds is 4. The standard InChI is InChI=1S/C16H21NO3S/c1-17(12-6-4-2-3-5-7-12)16(20)14-10-8-13(21-14)9-11-15(18)19/h8-12H,2-7H2,1H3,(H,18,19). The van der Waals surface area contributed by atoms with Crippen molar-refractivity contribution in [2.75, 3.05) is 7.05 Å². The fourth-order valence-electron chi connectivity index (χ4n) is 2.70. The summed E-state index contributed by atoms with van der Waals surface area (Å²) in [6.45, 7) is 0. The van der Waals surface area contributed by atoms with Crippen LogP contribution in [0, 0.1) is 0 Å². The maximum absolute atomic E-state index is 12.5. The number of aliphatic carboxylic acids is 1. The zero-order valence-electron chi connectivity index (χ0n) is 12.2. The number of carbonyl (C=O) groups is 2. The molecule has 0 spiro atoms. The molecular weight excluding hydrogens is 286 g/mol. The second-order valence-corrected chi connectivity index (χ2v) is 6.55. The van der Waals surface area contributed by atoms with E-state index in [1.807, 2.05) is 11.9 Å². The molecule has 4 nitrogen and oxygen atoms in total. The van der Waals surface area contributed by atoms with Crippen LogP contribution in [0.3, 0.4) is 0 Å². The summed E-state index contributed by atoms with van der Waals surface area (Å²) in [4.78, 5) is 26.3. The van der Waals surface area contributed by atoms with E-state index in [0.29, 0.717) is 10.9 Å². The lowest BCUT2D eigenvalue weighted by atomic mass is 10.1. The van der Waals surface area contributed by atoms with Crippen molar-refractivity contribution in [2.45, 2.75) is 44.6 Å². The van der Waals surface area contributed by atoms with Crippen molar-refractivity contribution in [1.82, 2.24) is 4.90 Å². The number of thiophene rings is 1. The number of hydrogen-bond acceptors (Lipinski definition) is 3. The molecule has 1 heterocycles. The van der Waals surface area contributed by atoms with Gasteiger partial charge in [0.2, 0.25) is 0 Å². The van der Waals surface area contributed by atoms with Gasteiger partial charge in [-0.15, -0.1) is 11.3 Å². The van der Waals surface area contributed by atoms with E-state index in [4.69, 9.17) is 5.11 Å². The third-order valence-corrected chi connectivity index (χ3v) is 4.96. The summed E-state index contributed by atoms with van der Waals surface area (Å²) in [5.41, 5.74) is 0. The fraction of sp³-hybridized carbons (Fsp3) is 0.500. The number of carboxylic acid groups (broad SMARTS) is 1. The number of hydrogen-bond donors (Lipinski definition) is 1. The van der Waals surface area contributed by atoms with Gasteiger partial charge in [-0.05, 0) is 31.1 Å². The van der Waals surface area contributed by atoms with E-state index in [1.165, 1.54) is 43.1 Å². The Balaban J connectivity index is 2.03. The van der Waals surface area contributed by atoms with Crippen LogP contribution < -0.4 is 0 Å². The van der Waals surface area contributed by atoms with E-state index in [0.717, 1.165) is 23.8 Å². The van der Waals surface area contributed by atoms with Crippen molar-refractivity contribution < 1.29 is 14.7 Å². The Labute approximate surface area is 129 Å².